The first-order chi connectivity index (χ1) is 17.5. The minimum Gasteiger partial charge on any atom is -0.369 e. The summed E-state index contributed by atoms with van der Waals surface area (Å²) in [5.74, 6) is 0.676. The van der Waals surface area contributed by atoms with Gasteiger partial charge in [0.25, 0.3) is 5.56 Å². The van der Waals surface area contributed by atoms with E-state index in [4.69, 9.17) is 11.6 Å². The zero-order chi connectivity index (χ0) is 26.5. The van der Waals surface area contributed by atoms with Gasteiger partial charge in [-0.1, -0.05) is 29.8 Å². The van der Waals surface area contributed by atoms with Gasteiger partial charge in [0.05, 0.1) is 11.1 Å². The summed E-state index contributed by atoms with van der Waals surface area (Å²) in [6, 6.07) is 11.8. The van der Waals surface area contributed by atoms with Crippen LogP contribution < -0.4 is 10.5 Å². The molecule has 9 heteroatoms. The molecule has 1 saturated heterocycles. The maximum absolute atomic E-state index is 13.6. The number of piperazine rings is 1. The van der Waals surface area contributed by atoms with Gasteiger partial charge < -0.3 is 9.88 Å². The van der Waals surface area contributed by atoms with E-state index in [1.807, 2.05) is 35.9 Å². The number of pyridine rings is 1. The number of hydrogen-bond acceptors (Lipinski definition) is 6. The Morgan fingerprint density at radius 2 is 1.62 bits per heavy atom. The van der Waals surface area contributed by atoms with Crippen LogP contribution in [0.1, 0.15) is 54.9 Å². The lowest BCUT2D eigenvalue weighted by Crippen LogP contribution is -2.49. The zero-order valence-corrected chi connectivity index (χ0v) is 23.1. The number of benzene rings is 2. The van der Waals surface area contributed by atoms with E-state index in [9.17, 15) is 4.79 Å². The quantitative estimate of drug-likeness (QED) is 0.418. The molecule has 194 valence electrons. The highest BCUT2D eigenvalue weighted by molar-refractivity contribution is 6.30. The SMILES string of the molecule is Cc1ccc(Cl)cc1N1CCN([C@H](c2cc3c(C)ccc(C)c3[nH]c2=O)c2nnnn2C(C)(C)C)CC1. The second-order valence-electron chi connectivity index (χ2n) is 11.0. The first-order valence-corrected chi connectivity index (χ1v) is 13.1. The zero-order valence-electron chi connectivity index (χ0n) is 22.3. The summed E-state index contributed by atoms with van der Waals surface area (Å²) in [6.07, 6.45) is 0. The largest absolute Gasteiger partial charge is 0.369 e. The Balaban J connectivity index is 1.59. The fraction of sp³-hybridized carbons (Fsp3) is 0.429. The smallest absolute Gasteiger partial charge is 0.253 e. The number of aromatic nitrogens is 5. The number of aryl methyl sites for hydroxylation is 3. The molecule has 0 saturated carbocycles. The van der Waals surface area contributed by atoms with Crippen LogP contribution in [-0.4, -0.2) is 56.3 Å². The fourth-order valence-corrected chi connectivity index (χ4v) is 5.45. The van der Waals surface area contributed by atoms with Crippen LogP contribution in [0.5, 0.6) is 0 Å². The van der Waals surface area contributed by atoms with Crippen molar-refractivity contribution in [2.24, 2.45) is 0 Å². The van der Waals surface area contributed by atoms with Gasteiger partial charge >= 0.3 is 0 Å². The summed E-state index contributed by atoms with van der Waals surface area (Å²) >= 11 is 6.31. The second kappa shape index (κ2) is 9.58. The molecular weight excluding hydrogens is 486 g/mol. The van der Waals surface area contributed by atoms with Gasteiger partial charge in [-0.3, -0.25) is 9.69 Å². The molecular formula is C28H34ClN7O. The van der Waals surface area contributed by atoms with Gasteiger partial charge in [-0.2, -0.15) is 0 Å². The van der Waals surface area contributed by atoms with Gasteiger partial charge in [-0.25, -0.2) is 4.68 Å². The Bertz CT molecular complexity index is 1510. The number of hydrogen-bond donors (Lipinski definition) is 1. The van der Waals surface area contributed by atoms with Gasteiger partial charge in [0.15, 0.2) is 5.82 Å². The lowest BCUT2D eigenvalue weighted by atomic mass is 9.98. The first kappa shape index (κ1) is 25.4. The highest BCUT2D eigenvalue weighted by Gasteiger charge is 2.35. The summed E-state index contributed by atoms with van der Waals surface area (Å²) in [4.78, 5) is 21.5. The standard InChI is InChI=1S/C28H34ClN7O/c1-17-7-8-19(3)24-21(17)16-22(27(37)30-24)25(26-31-32-33-36(26)28(4,5)6)35-13-11-34(12-14-35)23-15-20(29)10-9-18(23)2/h7-10,15-16,25H,11-14H2,1-6H3,(H,30,37)/t25-/m1/s1. The Kier molecular flexibility index (Phi) is 6.58. The number of nitrogens with zero attached hydrogens (tertiary/aromatic N) is 6. The summed E-state index contributed by atoms with van der Waals surface area (Å²) < 4.78 is 1.85. The van der Waals surface area contributed by atoms with E-state index in [-0.39, 0.29) is 17.1 Å². The molecule has 0 amide bonds. The molecule has 4 aromatic rings. The number of nitrogens with one attached hydrogen (secondary N) is 1. The average Bonchev–Trinajstić information content (AvgIpc) is 3.35. The molecule has 1 aliphatic rings. The molecule has 0 unspecified atom stereocenters. The number of anilines is 1. The van der Waals surface area contributed by atoms with Crippen molar-refractivity contribution >= 4 is 28.2 Å². The molecule has 0 aliphatic carbocycles. The fourth-order valence-electron chi connectivity index (χ4n) is 5.28. The van der Waals surface area contributed by atoms with Crippen LogP contribution in [0.15, 0.2) is 41.2 Å². The topological polar surface area (TPSA) is 82.9 Å². The molecule has 1 N–H and O–H groups in total. The molecule has 2 aromatic carbocycles. The molecule has 8 nitrogen and oxygen atoms in total. The molecule has 1 fully saturated rings. The van der Waals surface area contributed by atoms with E-state index >= 15 is 0 Å². The Morgan fingerprint density at radius 1 is 0.946 bits per heavy atom. The lowest BCUT2D eigenvalue weighted by Gasteiger charge is -2.40. The van der Waals surface area contributed by atoms with Crippen molar-refractivity contribution in [3.05, 3.63) is 79.9 Å². The van der Waals surface area contributed by atoms with Crippen LogP contribution >= 0.6 is 11.6 Å². The molecule has 37 heavy (non-hydrogen) atoms. The van der Waals surface area contributed by atoms with Crippen molar-refractivity contribution in [3.8, 4) is 0 Å². The van der Waals surface area contributed by atoms with E-state index < -0.39 is 0 Å². The van der Waals surface area contributed by atoms with Gasteiger partial charge in [0.1, 0.15) is 6.04 Å². The van der Waals surface area contributed by atoms with Crippen molar-refractivity contribution < 1.29 is 0 Å². The minimum absolute atomic E-state index is 0.109. The molecule has 3 heterocycles. The van der Waals surface area contributed by atoms with E-state index in [0.29, 0.717) is 11.4 Å². The second-order valence-corrected chi connectivity index (χ2v) is 11.5. The predicted molar refractivity (Wildman–Crippen MR) is 149 cm³/mol. The molecule has 0 bridgehead atoms. The lowest BCUT2D eigenvalue weighted by molar-refractivity contribution is 0.190. The van der Waals surface area contributed by atoms with Crippen molar-refractivity contribution in [2.45, 2.75) is 53.1 Å². The summed E-state index contributed by atoms with van der Waals surface area (Å²) in [7, 11) is 0. The van der Waals surface area contributed by atoms with Gasteiger partial charge in [-0.05, 0) is 86.9 Å². The van der Waals surface area contributed by atoms with Crippen molar-refractivity contribution in [1.29, 1.82) is 0 Å². The van der Waals surface area contributed by atoms with Crippen LogP contribution in [0.4, 0.5) is 5.69 Å². The highest BCUT2D eigenvalue weighted by Crippen LogP contribution is 2.33. The van der Waals surface area contributed by atoms with Crippen LogP contribution in [0.2, 0.25) is 5.02 Å². The molecule has 5 rings (SSSR count). The first-order valence-electron chi connectivity index (χ1n) is 12.7. The Labute approximate surface area is 222 Å². The maximum Gasteiger partial charge on any atom is 0.253 e. The van der Waals surface area contributed by atoms with E-state index in [1.54, 1.807) is 0 Å². The molecule has 1 aliphatic heterocycles. The maximum atomic E-state index is 13.6. The van der Waals surface area contributed by atoms with Gasteiger partial charge in [0, 0.05) is 47.8 Å². The normalized spacial score (nSPS) is 15.9. The van der Waals surface area contributed by atoms with E-state index in [0.717, 1.165) is 58.9 Å². The third-order valence-electron chi connectivity index (χ3n) is 7.33. The van der Waals surface area contributed by atoms with Crippen LogP contribution in [-0.2, 0) is 5.54 Å². The number of H-pyrrole nitrogens is 1. The van der Waals surface area contributed by atoms with Gasteiger partial charge in [0.2, 0.25) is 0 Å². The summed E-state index contributed by atoms with van der Waals surface area (Å²) in [5.41, 5.74) is 5.60. The van der Waals surface area contributed by atoms with Crippen LogP contribution in [0, 0.1) is 20.8 Å². The molecule has 0 spiro atoms. The van der Waals surface area contributed by atoms with Crippen LogP contribution in [0.25, 0.3) is 10.9 Å². The number of halogens is 1. The minimum atomic E-state index is -0.384. The average molecular weight is 520 g/mol. The van der Waals surface area contributed by atoms with Crippen LogP contribution in [0.3, 0.4) is 0 Å². The molecule has 0 radical (unpaired) electrons. The predicted octanol–water partition coefficient (Wildman–Crippen LogP) is 4.76. The molecule has 2 aromatic heterocycles. The van der Waals surface area contributed by atoms with E-state index in [2.05, 4.69) is 77.1 Å². The van der Waals surface area contributed by atoms with Crippen molar-refractivity contribution in [1.82, 2.24) is 30.1 Å². The number of rotatable bonds is 4. The van der Waals surface area contributed by atoms with Gasteiger partial charge in [-0.15, -0.1) is 5.10 Å². The van der Waals surface area contributed by atoms with Crippen molar-refractivity contribution in [2.75, 3.05) is 31.1 Å². The highest BCUT2D eigenvalue weighted by atomic mass is 35.5. The summed E-state index contributed by atoms with van der Waals surface area (Å²) in [5, 5.41) is 14.6. The number of tetrazole rings is 1. The third kappa shape index (κ3) is 4.76. The van der Waals surface area contributed by atoms with E-state index in [1.165, 1.54) is 5.56 Å². The molecule has 1 atom stereocenters. The number of fused-ring (bicyclic) bond motifs is 1. The Hall–Kier alpha value is -3.23. The summed E-state index contributed by atoms with van der Waals surface area (Å²) in [6.45, 7) is 15.5. The van der Waals surface area contributed by atoms with Crippen molar-refractivity contribution in [3.63, 3.8) is 0 Å². The third-order valence-corrected chi connectivity index (χ3v) is 7.57. The number of aromatic amines is 1. The monoisotopic (exact) mass is 519 g/mol. The Morgan fingerprint density at radius 3 is 2.32 bits per heavy atom.